The van der Waals surface area contributed by atoms with Crippen LogP contribution in [0.15, 0.2) is 12.2 Å². The first kappa shape index (κ1) is 13.2. The highest BCUT2D eigenvalue weighted by atomic mass is 16.1. The molecule has 0 saturated heterocycles. The quantitative estimate of drug-likeness (QED) is 0.495. The van der Waals surface area contributed by atoms with Crippen molar-refractivity contribution in [3.8, 4) is 0 Å². The van der Waals surface area contributed by atoms with Crippen LogP contribution in [-0.2, 0) is 4.79 Å². The molecule has 14 heavy (non-hydrogen) atoms. The van der Waals surface area contributed by atoms with Gasteiger partial charge in [0.1, 0.15) is 0 Å². The van der Waals surface area contributed by atoms with Crippen molar-refractivity contribution in [1.29, 1.82) is 0 Å². The molecule has 0 atom stereocenters. The molecule has 0 radical (unpaired) electrons. The van der Waals surface area contributed by atoms with E-state index >= 15 is 0 Å². The average molecular weight is 198 g/mol. The maximum absolute atomic E-state index is 11.1. The van der Waals surface area contributed by atoms with Crippen molar-refractivity contribution in [1.82, 2.24) is 10.2 Å². The van der Waals surface area contributed by atoms with Gasteiger partial charge in [0.05, 0.1) is 0 Å². The lowest BCUT2D eigenvalue weighted by molar-refractivity contribution is -0.117. The van der Waals surface area contributed by atoms with Crippen LogP contribution in [0.5, 0.6) is 0 Å². The van der Waals surface area contributed by atoms with E-state index in [9.17, 15) is 4.79 Å². The predicted molar refractivity (Wildman–Crippen MR) is 60.2 cm³/mol. The SMILES string of the molecule is C=C(C)C(=O)NCCCN(C)CCC. The minimum atomic E-state index is -0.0388. The van der Waals surface area contributed by atoms with Crippen LogP contribution in [0.1, 0.15) is 26.7 Å². The Kier molecular flexibility index (Phi) is 7.11. The second-order valence-corrected chi connectivity index (χ2v) is 3.69. The minimum absolute atomic E-state index is 0.0388. The lowest BCUT2D eigenvalue weighted by Crippen LogP contribution is -2.28. The summed E-state index contributed by atoms with van der Waals surface area (Å²) in [6.45, 7) is 10.4. The maximum Gasteiger partial charge on any atom is 0.246 e. The highest BCUT2D eigenvalue weighted by Crippen LogP contribution is 1.90. The molecule has 0 aliphatic rings. The van der Waals surface area contributed by atoms with E-state index in [1.54, 1.807) is 6.92 Å². The van der Waals surface area contributed by atoms with Gasteiger partial charge in [0, 0.05) is 12.1 Å². The predicted octanol–water partition coefficient (Wildman–Crippen LogP) is 1.41. The van der Waals surface area contributed by atoms with Gasteiger partial charge in [-0.05, 0) is 39.9 Å². The molecule has 0 saturated carbocycles. The zero-order valence-electron chi connectivity index (χ0n) is 9.60. The lowest BCUT2D eigenvalue weighted by atomic mass is 10.3. The highest BCUT2D eigenvalue weighted by Gasteiger charge is 2.00. The maximum atomic E-state index is 11.1. The van der Waals surface area contributed by atoms with Crippen LogP contribution in [0.4, 0.5) is 0 Å². The van der Waals surface area contributed by atoms with E-state index in [1.165, 1.54) is 6.42 Å². The monoisotopic (exact) mass is 198 g/mol. The van der Waals surface area contributed by atoms with Gasteiger partial charge in [-0.15, -0.1) is 0 Å². The van der Waals surface area contributed by atoms with Gasteiger partial charge < -0.3 is 10.2 Å². The topological polar surface area (TPSA) is 32.3 Å². The van der Waals surface area contributed by atoms with E-state index < -0.39 is 0 Å². The van der Waals surface area contributed by atoms with Gasteiger partial charge in [0.25, 0.3) is 0 Å². The molecule has 0 aromatic carbocycles. The molecule has 0 unspecified atom stereocenters. The summed E-state index contributed by atoms with van der Waals surface area (Å²) in [5, 5.41) is 2.81. The van der Waals surface area contributed by atoms with Crippen LogP contribution >= 0.6 is 0 Å². The van der Waals surface area contributed by atoms with Crippen molar-refractivity contribution < 1.29 is 4.79 Å². The molecule has 0 bridgehead atoms. The molecule has 0 aliphatic heterocycles. The number of hydrogen-bond donors (Lipinski definition) is 1. The summed E-state index contributed by atoms with van der Waals surface area (Å²) < 4.78 is 0. The number of nitrogens with zero attached hydrogens (tertiary/aromatic N) is 1. The fraction of sp³-hybridized carbons (Fsp3) is 0.727. The number of carbonyl (C=O) groups is 1. The third-order valence-corrected chi connectivity index (χ3v) is 2.00. The van der Waals surface area contributed by atoms with Crippen molar-refractivity contribution in [2.24, 2.45) is 0 Å². The molecule has 0 aliphatic carbocycles. The first-order valence-corrected chi connectivity index (χ1v) is 5.20. The van der Waals surface area contributed by atoms with Gasteiger partial charge >= 0.3 is 0 Å². The fourth-order valence-corrected chi connectivity index (χ4v) is 1.20. The standard InChI is InChI=1S/C11H22N2O/c1-5-8-13(4)9-6-7-12-11(14)10(2)3/h2,5-9H2,1,3-4H3,(H,12,14). The molecule has 82 valence electrons. The summed E-state index contributed by atoms with van der Waals surface area (Å²) in [5.41, 5.74) is 0.576. The van der Waals surface area contributed by atoms with E-state index in [0.29, 0.717) is 5.57 Å². The van der Waals surface area contributed by atoms with E-state index in [1.807, 2.05) is 0 Å². The van der Waals surface area contributed by atoms with Gasteiger partial charge in [0.2, 0.25) is 5.91 Å². The molecule has 1 N–H and O–H groups in total. The van der Waals surface area contributed by atoms with Gasteiger partial charge in [0.15, 0.2) is 0 Å². The molecule has 0 fully saturated rings. The minimum Gasteiger partial charge on any atom is -0.352 e. The number of rotatable bonds is 7. The van der Waals surface area contributed by atoms with Gasteiger partial charge in [-0.1, -0.05) is 13.5 Å². The Bertz CT molecular complexity index is 190. The molecule has 0 heterocycles. The number of carbonyl (C=O) groups excluding carboxylic acids is 1. The van der Waals surface area contributed by atoms with Crippen LogP contribution in [0.3, 0.4) is 0 Å². The summed E-state index contributed by atoms with van der Waals surface area (Å²) in [5.74, 6) is -0.0388. The Morgan fingerprint density at radius 3 is 2.57 bits per heavy atom. The van der Waals surface area contributed by atoms with Crippen molar-refractivity contribution in [2.75, 3.05) is 26.7 Å². The van der Waals surface area contributed by atoms with Gasteiger partial charge in [-0.2, -0.15) is 0 Å². The third kappa shape index (κ3) is 6.66. The van der Waals surface area contributed by atoms with Crippen LogP contribution in [0, 0.1) is 0 Å². The molecule has 0 aromatic heterocycles. The number of amides is 1. The molecular formula is C11H22N2O. The smallest absolute Gasteiger partial charge is 0.246 e. The highest BCUT2D eigenvalue weighted by molar-refractivity contribution is 5.91. The van der Waals surface area contributed by atoms with Crippen molar-refractivity contribution >= 4 is 5.91 Å². The van der Waals surface area contributed by atoms with E-state index in [4.69, 9.17) is 0 Å². The Labute approximate surface area is 87.2 Å². The van der Waals surface area contributed by atoms with Gasteiger partial charge in [-0.25, -0.2) is 0 Å². The summed E-state index contributed by atoms with van der Waals surface area (Å²) in [7, 11) is 2.10. The number of nitrogens with one attached hydrogen (secondary N) is 1. The molecule has 0 spiro atoms. The fourth-order valence-electron chi connectivity index (χ4n) is 1.20. The second kappa shape index (κ2) is 7.56. The molecule has 3 heteroatoms. The van der Waals surface area contributed by atoms with Crippen LogP contribution in [0.25, 0.3) is 0 Å². The lowest BCUT2D eigenvalue weighted by Gasteiger charge is -2.15. The first-order chi connectivity index (χ1) is 6.57. The van der Waals surface area contributed by atoms with Crippen LogP contribution in [0.2, 0.25) is 0 Å². The van der Waals surface area contributed by atoms with Crippen molar-refractivity contribution in [3.63, 3.8) is 0 Å². The second-order valence-electron chi connectivity index (χ2n) is 3.69. The van der Waals surface area contributed by atoms with Crippen molar-refractivity contribution in [3.05, 3.63) is 12.2 Å². The third-order valence-electron chi connectivity index (χ3n) is 2.00. The molecular weight excluding hydrogens is 176 g/mol. The van der Waals surface area contributed by atoms with E-state index in [-0.39, 0.29) is 5.91 Å². The Balaban J connectivity index is 3.37. The van der Waals surface area contributed by atoms with Gasteiger partial charge in [-0.3, -0.25) is 4.79 Å². The summed E-state index contributed by atoms with van der Waals surface area (Å²) in [4.78, 5) is 13.4. The summed E-state index contributed by atoms with van der Waals surface area (Å²) in [6.07, 6.45) is 2.17. The molecule has 3 nitrogen and oxygen atoms in total. The first-order valence-electron chi connectivity index (χ1n) is 5.20. The normalized spacial score (nSPS) is 10.3. The van der Waals surface area contributed by atoms with Crippen LogP contribution in [-0.4, -0.2) is 37.5 Å². The van der Waals surface area contributed by atoms with E-state index in [2.05, 4.69) is 30.8 Å². The summed E-state index contributed by atoms with van der Waals surface area (Å²) >= 11 is 0. The van der Waals surface area contributed by atoms with E-state index in [0.717, 1.165) is 26.1 Å². The number of hydrogen-bond acceptors (Lipinski definition) is 2. The Morgan fingerprint density at radius 2 is 2.07 bits per heavy atom. The van der Waals surface area contributed by atoms with Crippen LogP contribution < -0.4 is 5.32 Å². The Morgan fingerprint density at radius 1 is 1.43 bits per heavy atom. The molecule has 0 aromatic rings. The van der Waals surface area contributed by atoms with Crippen molar-refractivity contribution in [2.45, 2.75) is 26.7 Å². The summed E-state index contributed by atoms with van der Waals surface area (Å²) in [6, 6.07) is 0. The molecule has 1 amide bonds. The zero-order valence-corrected chi connectivity index (χ0v) is 9.60. The Hall–Kier alpha value is -0.830. The molecule has 0 rings (SSSR count). The largest absolute Gasteiger partial charge is 0.352 e. The average Bonchev–Trinajstić information content (AvgIpc) is 2.12. The zero-order chi connectivity index (χ0) is 11.0.